The number of fused-ring (bicyclic) bond motifs is 1. The number of nitrogens with zero attached hydrogens (tertiary/aromatic N) is 6. The number of hydrogen-bond acceptors (Lipinski definition) is 8. The largest absolute Gasteiger partial charge is 0.476 e. The van der Waals surface area contributed by atoms with Gasteiger partial charge in [-0.25, -0.2) is 19.7 Å². The van der Waals surface area contributed by atoms with Crippen LogP contribution in [-0.4, -0.2) is 63.0 Å². The maximum absolute atomic E-state index is 12.9. The first kappa shape index (κ1) is 26.8. The van der Waals surface area contributed by atoms with E-state index in [-0.39, 0.29) is 28.5 Å². The summed E-state index contributed by atoms with van der Waals surface area (Å²) >= 11 is 5.92. The van der Waals surface area contributed by atoms with E-state index in [0.29, 0.717) is 54.3 Å². The van der Waals surface area contributed by atoms with E-state index in [2.05, 4.69) is 21.4 Å². The summed E-state index contributed by atoms with van der Waals surface area (Å²) in [5.74, 6) is -0.768. The van der Waals surface area contributed by atoms with Crippen molar-refractivity contribution in [1.82, 2.24) is 19.9 Å². The maximum Gasteiger partial charge on any atom is 0.356 e. The van der Waals surface area contributed by atoms with E-state index in [1.165, 1.54) is 6.07 Å². The molecule has 0 aliphatic carbocycles. The van der Waals surface area contributed by atoms with Crippen molar-refractivity contribution in [3.8, 4) is 6.07 Å². The molecule has 1 saturated heterocycles. The minimum atomic E-state index is -1.20. The number of hydrogen-bond donors (Lipinski definition) is 2. The highest BCUT2D eigenvalue weighted by atomic mass is 35.5. The van der Waals surface area contributed by atoms with Crippen LogP contribution in [0.1, 0.15) is 50.6 Å². The first-order valence-corrected chi connectivity index (χ1v) is 13.1. The number of nitriles is 1. The minimum absolute atomic E-state index is 0.0274. The number of amides is 1. The van der Waals surface area contributed by atoms with Crippen molar-refractivity contribution in [3.63, 3.8) is 0 Å². The molecular weight excluding hydrogens is 530 g/mol. The number of aromatic carboxylic acids is 1. The number of carbonyl (C=O) groups excluding carboxylic acids is 1. The quantitative estimate of drug-likeness (QED) is 0.325. The number of carboxylic acids is 1. The fraction of sp³-hybridized carbons (Fsp3) is 0.241. The molecule has 1 atom stereocenters. The van der Waals surface area contributed by atoms with Gasteiger partial charge >= 0.3 is 5.97 Å². The third kappa shape index (κ3) is 5.37. The minimum Gasteiger partial charge on any atom is -0.476 e. The van der Waals surface area contributed by atoms with Gasteiger partial charge in [0, 0.05) is 37.3 Å². The molecule has 0 saturated carbocycles. The number of benzene rings is 2. The lowest BCUT2D eigenvalue weighted by molar-refractivity contribution is 0.0690. The van der Waals surface area contributed by atoms with Crippen molar-refractivity contribution in [3.05, 3.63) is 87.8 Å². The van der Waals surface area contributed by atoms with E-state index in [0.717, 1.165) is 11.1 Å². The predicted octanol–water partition coefficient (Wildman–Crippen LogP) is 4.69. The molecule has 2 aromatic carbocycles. The number of anilines is 2. The van der Waals surface area contributed by atoms with Crippen LogP contribution in [0.2, 0.25) is 5.15 Å². The van der Waals surface area contributed by atoms with Gasteiger partial charge in [0.15, 0.2) is 17.2 Å². The predicted molar refractivity (Wildman–Crippen MR) is 152 cm³/mol. The van der Waals surface area contributed by atoms with Crippen molar-refractivity contribution in [1.29, 1.82) is 5.26 Å². The van der Waals surface area contributed by atoms with Gasteiger partial charge in [-0.2, -0.15) is 5.26 Å². The van der Waals surface area contributed by atoms with Crippen molar-refractivity contribution in [2.75, 3.05) is 36.4 Å². The van der Waals surface area contributed by atoms with Crippen LogP contribution < -0.4 is 10.2 Å². The van der Waals surface area contributed by atoms with E-state index in [9.17, 15) is 20.0 Å². The van der Waals surface area contributed by atoms with E-state index in [4.69, 9.17) is 16.6 Å². The number of rotatable bonds is 6. The molecule has 0 radical (unpaired) electrons. The fourth-order valence-electron chi connectivity index (χ4n) is 4.86. The summed E-state index contributed by atoms with van der Waals surface area (Å²) in [6, 6.07) is 17.9. The summed E-state index contributed by atoms with van der Waals surface area (Å²) in [4.78, 5) is 41.9. The zero-order chi connectivity index (χ0) is 28.4. The molecule has 0 bridgehead atoms. The Bertz CT molecular complexity index is 1650. The Hall–Kier alpha value is -4.75. The summed E-state index contributed by atoms with van der Waals surface area (Å²) in [5, 5.41) is 22.8. The van der Waals surface area contributed by atoms with E-state index >= 15 is 0 Å². The maximum atomic E-state index is 12.9. The molecule has 202 valence electrons. The van der Waals surface area contributed by atoms with Gasteiger partial charge in [0.05, 0.1) is 22.8 Å². The normalized spacial score (nSPS) is 14.1. The van der Waals surface area contributed by atoms with Gasteiger partial charge in [-0.3, -0.25) is 4.79 Å². The number of aryl methyl sites for hydroxylation is 1. The molecule has 1 fully saturated rings. The molecule has 4 aromatic rings. The molecule has 1 amide bonds. The van der Waals surface area contributed by atoms with Crippen LogP contribution in [0, 0.1) is 18.3 Å². The first-order valence-electron chi connectivity index (χ1n) is 12.7. The van der Waals surface area contributed by atoms with Gasteiger partial charge in [-0.15, -0.1) is 0 Å². The monoisotopic (exact) mass is 555 g/mol. The van der Waals surface area contributed by atoms with Crippen LogP contribution in [0.3, 0.4) is 0 Å². The number of nitrogens with one attached hydrogen (secondary N) is 1. The van der Waals surface area contributed by atoms with Gasteiger partial charge in [0.2, 0.25) is 0 Å². The third-order valence-corrected chi connectivity index (χ3v) is 7.03. The van der Waals surface area contributed by atoms with Crippen molar-refractivity contribution in [2.45, 2.75) is 19.9 Å². The fourth-order valence-corrected chi connectivity index (χ4v) is 5.01. The van der Waals surface area contributed by atoms with Crippen LogP contribution in [0.25, 0.3) is 11.0 Å². The van der Waals surface area contributed by atoms with Crippen molar-refractivity contribution in [2.24, 2.45) is 0 Å². The highest BCUT2D eigenvalue weighted by molar-refractivity contribution is 6.29. The summed E-state index contributed by atoms with van der Waals surface area (Å²) in [6.45, 7) is 5.79. The molecule has 0 unspecified atom stereocenters. The van der Waals surface area contributed by atoms with Crippen molar-refractivity contribution >= 4 is 46.0 Å². The molecule has 10 nitrogen and oxygen atoms in total. The Balaban J connectivity index is 1.45. The lowest BCUT2D eigenvalue weighted by atomic mass is 10.0. The number of piperazine rings is 1. The molecule has 1 aliphatic heterocycles. The van der Waals surface area contributed by atoms with Crippen LogP contribution in [0.4, 0.5) is 11.5 Å². The van der Waals surface area contributed by atoms with E-state index in [1.54, 1.807) is 23.1 Å². The molecule has 0 spiro atoms. The average Bonchev–Trinajstić information content (AvgIpc) is 2.97. The SMILES string of the molecule is Cc1cc([C@@H](C)Nc2ccc(Cl)nc2C(=O)O)c2nc(N3CCN(C(=O)c4ccccc4)CC3)c(C#N)nc2c1. The van der Waals surface area contributed by atoms with Gasteiger partial charge in [-0.05, 0) is 49.7 Å². The Morgan fingerprint density at radius 1 is 1.05 bits per heavy atom. The Labute approximate surface area is 235 Å². The number of aromatic nitrogens is 3. The number of carboxylic acid groups (broad SMARTS) is 1. The van der Waals surface area contributed by atoms with Crippen LogP contribution in [-0.2, 0) is 0 Å². The standard InChI is InChI=1S/C29H26ClN7O3/c1-17-14-20(18(2)32-21-8-9-24(30)34-26(21)29(39)40)25-22(15-17)33-23(16-31)27(35-25)36-10-12-37(13-11-36)28(38)19-6-4-3-5-7-19/h3-9,14-15,18,32H,10-13H2,1-2H3,(H,39,40)/t18-/m1/s1. The topological polar surface area (TPSA) is 135 Å². The van der Waals surface area contributed by atoms with Crippen LogP contribution in [0.5, 0.6) is 0 Å². The average molecular weight is 556 g/mol. The summed E-state index contributed by atoms with van der Waals surface area (Å²) < 4.78 is 0. The summed E-state index contributed by atoms with van der Waals surface area (Å²) in [6.07, 6.45) is 0. The van der Waals surface area contributed by atoms with Gasteiger partial charge in [-0.1, -0.05) is 35.9 Å². The van der Waals surface area contributed by atoms with Crippen molar-refractivity contribution < 1.29 is 14.7 Å². The second kappa shape index (κ2) is 11.2. The number of carbonyl (C=O) groups is 2. The lowest BCUT2D eigenvalue weighted by Gasteiger charge is -2.35. The zero-order valence-electron chi connectivity index (χ0n) is 21.9. The van der Waals surface area contributed by atoms with E-state index in [1.807, 2.05) is 49.1 Å². The van der Waals surface area contributed by atoms with Gasteiger partial charge in [0.25, 0.3) is 5.91 Å². The second-order valence-electron chi connectivity index (χ2n) is 9.58. The second-order valence-corrected chi connectivity index (χ2v) is 9.96. The molecule has 1 aliphatic rings. The zero-order valence-corrected chi connectivity index (χ0v) is 22.7. The van der Waals surface area contributed by atoms with Crippen LogP contribution >= 0.6 is 11.6 Å². The summed E-state index contributed by atoms with van der Waals surface area (Å²) in [5.41, 5.74) is 3.86. The van der Waals surface area contributed by atoms with Gasteiger partial charge < -0.3 is 20.2 Å². The van der Waals surface area contributed by atoms with Crippen LogP contribution in [0.15, 0.2) is 54.6 Å². The smallest absolute Gasteiger partial charge is 0.356 e. The first-order chi connectivity index (χ1) is 19.2. The molecule has 11 heteroatoms. The molecule has 5 rings (SSSR count). The highest BCUT2D eigenvalue weighted by Gasteiger charge is 2.26. The molecular formula is C29H26ClN7O3. The molecule has 2 aromatic heterocycles. The number of halogens is 1. The Kier molecular flexibility index (Phi) is 7.49. The van der Waals surface area contributed by atoms with E-state index < -0.39 is 5.97 Å². The van der Waals surface area contributed by atoms with Gasteiger partial charge in [0.1, 0.15) is 11.2 Å². The Morgan fingerprint density at radius 2 is 1.77 bits per heavy atom. The number of pyridine rings is 1. The lowest BCUT2D eigenvalue weighted by Crippen LogP contribution is -2.49. The summed E-state index contributed by atoms with van der Waals surface area (Å²) in [7, 11) is 0. The molecule has 40 heavy (non-hydrogen) atoms. The molecule has 2 N–H and O–H groups in total. The molecule has 3 heterocycles. The third-order valence-electron chi connectivity index (χ3n) is 6.82. The highest BCUT2D eigenvalue weighted by Crippen LogP contribution is 2.31. The Morgan fingerprint density at radius 3 is 2.45 bits per heavy atom.